The number of carbonyl (C=O) groups is 1. The van der Waals surface area contributed by atoms with Crippen molar-refractivity contribution in [2.24, 2.45) is 0 Å². The highest BCUT2D eigenvalue weighted by molar-refractivity contribution is 7.90. The maximum atomic E-state index is 12.7. The van der Waals surface area contributed by atoms with Gasteiger partial charge in [-0.2, -0.15) is 13.2 Å². The summed E-state index contributed by atoms with van der Waals surface area (Å²) in [4.78, 5) is 10.9. The summed E-state index contributed by atoms with van der Waals surface area (Å²) in [6.07, 6.45) is -3.74. The molecule has 1 rings (SSSR count). The highest BCUT2D eigenvalue weighted by Crippen LogP contribution is 2.33. The number of sulfone groups is 1. The van der Waals surface area contributed by atoms with Gasteiger partial charge in [0.15, 0.2) is 0 Å². The number of hydrogen-bond acceptors (Lipinski definition) is 4. The summed E-state index contributed by atoms with van der Waals surface area (Å²) in [6.45, 7) is 1.53. The molecule has 0 radical (unpaired) electrons. The molecule has 21 heavy (non-hydrogen) atoms. The number of anilines is 1. The second-order valence-electron chi connectivity index (χ2n) is 4.70. The number of halogens is 3. The Labute approximate surface area is 119 Å². The van der Waals surface area contributed by atoms with E-state index in [2.05, 4.69) is 5.32 Å². The second-order valence-corrected chi connectivity index (χ2v) is 6.89. The van der Waals surface area contributed by atoms with Crippen molar-refractivity contribution in [1.82, 2.24) is 0 Å². The normalized spacial score (nSPS) is 13.8. The van der Waals surface area contributed by atoms with E-state index in [-0.39, 0.29) is 11.4 Å². The smallest absolute Gasteiger partial charge is 0.417 e. The van der Waals surface area contributed by atoms with E-state index in [9.17, 15) is 26.4 Å². The lowest BCUT2D eigenvalue weighted by Crippen LogP contribution is -2.25. The van der Waals surface area contributed by atoms with Crippen molar-refractivity contribution in [2.75, 3.05) is 17.3 Å². The molecule has 1 aromatic carbocycles. The number of rotatable bonds is 5. The fourth-order valence-corrected chi connectivity index (χ4v) is 2.83. The average molecular weight is 325 g/mol. The summed E-state index contributed by atoms with van der Waals surface area (Å²) in [6, 6.07) is 1.98. The molecular formula is C12H14F3NO4S. The number of nitrogens with one attached hydrogen (secondary N) is 1. The van der Waals surface area contributed by atoms with E-state index < -0.39 is 39.2 Å². The molecule has 0 aliphatic heterocycles. The van der Waals surface area contributed by atoms with E-state index in [1.807, 2.05) is 0 Å². The Morgan fingerprint density at radius 2 is 1.95 bits per heavy atom. The number of benzene rings is 1. The first-order chi connectivity index (χ1) is 9.40. The summed E-state index contributed by atoms with van der Waals surface area (Å²) in [5.41, 5.74) is -2.04. The third-order valence-corrected chi connectivity index (χ3v) is 3.63. The molecule has 0 spiro atoms. The third-order valence-electron chi connectivity index (χ3n) is 2.52. The fourth-order valence-electron chi connectivity index (χ4n) is 1.84. The molecule has 0 saturated carbocycles. The molecule has 0 saturated heterocycles. The molecule has 0 fully saturated rings. The number of carboxylic acid groups (broad SMARTS) is 1. The molecular weight excluding hydrogens is 311 g/mol. The van der Waals surface area contributed by atoms with Crippen LogP contribution in [0.25, 0.3) is 0 Å². The molecule has 1 unspecified atom stereocenters. The quantitative estimate of drug-likeness (QED) is 0.867. The highest BCUT2D eigenvalue weighted by Gasteiger charge is 2.35. The van der Waals surface area contributed by atoms with Crippen LogP contribution in [0.5, 0.6) is 0 Å². The monoisotopic (exact) mass is 325 g/mol. The van der Waals surface area contributed by atoms with Crippen LogP contribution in [0, 0.1) is 0 Å². The molecule has 0 bridgehead atoms. The first-order valence-corrected chi connectivity index (χ1v) is 7.85. The number of carboxylic acids is 1. The Bertz CT molecular complexity index is 640. The Balaban J connectivity index is 3.07. The number of alkyl halides is 3. The van der Waals surface area contributed by atoms with Crippen LogP contribution in [0.4, 0.5) is 18.9 Å². The van der Waals surface area contributed by atoms with Gasteiger partial charge in [-0.25, -0.2) is 13.2 Å². The van der Waals surface area contributed by atoms with E-state index in [0.29, 0.717) is 6.07 Å². The molecule has 0 aliphatic rings. The Hall–Kier alpha value is -1.77. The molecule has 0 heterocycles. The predicted octanol–water partition coefficient (Wildman–Crippen LogP) is 2.25. The molecule has 1 atom stereocenters. The maximum Gasteiger partial charge on any atom is 0.417 e. The predicted molar refractivity (Wildman–Crippen MR) is 71.2 cm³/mol. The Kier molecular flexibility index (Phi) is 4.87. The van der Waals surface area contributed by atoms with Crippen LogP contribution < -0.4 is 5.32 Å². The van der Waals surface area contributed by atoms with Gasteiger partial charge in [0.2, 0.25) is 0 Å². The molecule has 5 nitrogen and oxygen atoms in total. The molecule has 0 aliphatic carbocycles. The van der Waals surface area contributed by atoms with Gasteiger partial charge in [0.1, 0.15) is 9.84 Å². The minimum atomic E-state index is -4.77. The topological polar surface area (TPSA) is 83.5 Å². The van der Waals surface area contributed by atoms with Crippen LogP contribution in [0.2, 0.25) is 0 Å². The van der Waals surface area contributed by atoms with Gasteiger partial charge in [0.05, 0.1) is 16.9 Å². The maximum absolute atomic E-state index is 12.7. The van der Waals surface area contributed by atoms with Crippen molar-refractivity contribution in [3.05, 3.63) is 29.3 Å². The van der Waals surface area contributed by atoms with Crippen molar-refractivity contribution in [2.45, 2.75) is 19.1 Å². The van der Waals surface area contributed by atoms with Crippen LogP contribution in [0.15, 0.2) is 18.2 Å². The van der Waals surface area contributed by atoms with Crippen LogP contribution in [0.1, 0.15) is 22.8 Å². The number of aromatic carboxylic acids is 1. The first kappa shape index (κ1) is 17.3. The van der Waals surface area contributed by atoms with Crippen molar-refractivity contribution < 1.29 is 31.5 Å². The zero-order chi connectivity index (χ0) is 16.4. The SMILES string of the molecule is CC(CS(C)(=O)=O)Nc1ccc(C(F)(F)F)c(C(=O)O)c1. The molecule has 2 N–H and O–H groups in total. The third kappa shape index (κ3) is 5.25. The van der Waals surface area contributed by atoms with E-state index in [1.165, 1.54) is 6.92 Å². The minimum Gasteiger partial charge on any atom is -0.478 e. The van der Waals surface area contributed by atoms with Gasteiger partial charge in [-0.1, -0.05) is 0 Å². The summed E-state index contributed by atoms with van der Waals surface area (Å²) in [5, 5.41) is 11.5. The van der Waals surface area contributed by atoms with Crippen LogP contribution >= 0.6 is 0 Å². The lowest BCUT2D eigenvalue weighted by atomic mass is 10.1. The summed E-state index contributed by atoms with van der Waals surface area (Å²) >= 11 is 0. The second kappa shape index (κ2) is 5.92. The van der Waals surface area contributed by atoms with Gasteiger partial charge in [-0.05, 0) is 25.1 Å². The Morgan fingerprint density at radius 1 is 1.38 bits per heavy atom. The van der Waals surface area contributed by atoms with E-state index in [4.69, 9.17) is 5.11 Å². The van der Waals surface area contributed by atoms with Gasteiger partial charge < -0.3 is 10.4 Å². The standard InChI is InChI=1S/C12H14F3NO4S/c1-7(6-21(2,19)20)16-8-3-4-10(12(13,14)15)9(5-8)11(17)18/h3-5,7,16H,6H2,1-2H3,(H,17,18). The lowest BCUT2D eigenvalue weighted by Gasteiger charge is -2.16. The van der Waals surface area contributed by atoms with E-state index >= 15 is 0 Å². The van der Waals surface area contributed by atoms with E-state index in [1.54, 1.807) is 0 Å². The van der Waals surface area contributed by atoms with Crippen molar-refractivity contribution in [3.8, 4) is 0 Å². The van der Waals surface area contributed by atoms with E-state index in [0.717, 1.165) is 18.4 Å². The van der Waals surface area contributed by atoms with Crippen molar-refractivity contribution in [3.63, 3.8) is 0 Å². The van der Waals surface area contributed by atoms with Crippen molar-refractivity contribution >= 4 is 21.5 Å². The zero-order valence-electron chi connectivity index (χ0n) is 11.2. The fraction of sp³-hybridized carbons (Fsp3) is 0.417. The lowest BCUT2D eigenvalue weighted by molar-refractivity contribution is -0.138. The minimum absolute atomic E-state index is 0.108. The van der Waals surface area contributed by atoms with Gasteiger partial charge >= 0.3 is 12.1 Å². The van der Waals surface area contributed by atoms with Gasteiger partial charge in [-0.15, -0.1) is 0 Å². The first-order valence-electron chi connectivity index (χ1n) is 5.79. The molecule has 9 heteroatoms. The van der Waals surface area contributed by atoms with Gasteiger partial charge in [0, 0.05) is 18.0 Å². The highest BCUT2D eigenvalue weighted by atomic mass is 32.2. The van der Waals surface area contributed by atoms with Crippen molar-refractivity contribution in [1.29, 1.82) is 0 Å². The summed E-state index contributed by atoms with van der Waals surface area (Å²) < 4.78 is 60.2. The van der Waals surface area contributed by atoms with Crippen LogP contribution in [0.3, 0.4) is 0 Å². The number of hydrogen-bond donors (Lipinski definition) is 2. The van der Waals surface area contributed by atoms with Crippen LogP contribution in [-0.2, 0) is 16.0 Å². The molecule has 1 aromatic rings. The molecule has 118 valence electrons. The average Bonchev–Trinajstić information content (AvgIpc) is 2.24. The van der Waals surface area contributed by atoms with Gasteiger partial charge in [0.25, 0.3) is 0 Å². The largest absolute Gasteiger partial charge is 0.478 e. The zero-order valence-corrected chi connectivity index (χ0v) is 12.0. The summed E-state index contributed by atoms with van der Waals surface area (Å²) in [5.74, 6) is -1.93. The Morgan fingerprint density at radius 3 is 2.38 bits per heavy atom. The van der Waals surface area contributed by atoms with Gasteiger partial charge in [-0.3, -0.25) is 0 Å². The molecule has 0 amide bonds. The molecule has 0 aromatic heterocycles. The van der Waals surface area contributed by atoms with Crippen LogP contribution in [-0.4, -0.2) is 37.5 Å². The summed E-state index contributed by atoms with van der Waals surface area (Å²) in [7, 11) is -3.26.